The first kappa shape index (κ1) is 6.91. The Labute approximate surface area is 69.4 Å². The van der Waals surface area contributed by atoms with Crippen molar-refractivity contribution in [2.75, 3.05) is 5.73 Å². The summed E-state index contributed by atoms with van der Waals surface area (Å²) in [6, 6.07) is 0. The van der Waals surface area contributed by atoms with E-state index in [-0.39, 0.29) is 0 Å². The van der Waals surface area contributed by atoms with Gasteiger partial charge in [0.1, 0.15) is 12.1 Å². The van der Waals surface area contributed by atoms with Crippen molar-refractivity contribution in [3.8, 4) is 0 Å². The zero-order valence-corrected chi connectivity index (χ0v) is 7.06. The highest BCUT2D eigenvalue weighted by Crippen LogP contribution is 2.41. The van der Waals surface area contributed by atoms with Crippen LogP contribution in [0, 0.1) is 0 Å². The van der Waals surface area contributed by atoms with Crippen LogP contribution in [-0.4, -0.2) is 9.97 Å². The standard InChI is InChI=1S/C7H9N3S/c1-4-6-5(2-11-4)9-3-10-7(6)8/h3-4H,2H2,1H3,(H2,8,9,10)/t4-/m0/s1. The summed E-state index contributed by atoms with van der Waals surface area (Å²) in [5.41, 5.74) is 7.94. The molecule has 1 aromatic rings. The van der Waals surface area contributed by atoms with Gasteiger partial charge in [0, 0.05) is 16.6 Å². The van der Waals surface area contributed by atoms with Gasteiger partial charge < -0.3 is 5.73 Å². The molecule has 3 nitrogen and oxygen atoms in total. The third-order valence-corrected chi connectivity index (χ3v) is 3.05. The molecule has 0 spiro atoms. The molecule has 0 fully saturated rings. The lowest BCUT2D eigenvalue weighted by atomic mass is 10.2. The summed E-state index contributed by atoms with van der Waals surface area (Å²) in [5.74, 6) is 1.62. The number of hydrogen-bond acceptors (Lipinski definition) is 4. The summed E-state index contributed by atoms with van der Waals surface area (Å²) in [6.45, 7) is 2.14. The van der Waals surface area contributed by atoms with E-state index in [4.69, 9.17) is 5.73 Å². The monoisotopic (exact) mass is 167 g/mol. The first-order valence-electron chi connectivity index (χ1n) is 3.50. The quantitative estimate of drug-likeness (QED) is 0.634. The van der Waals surface area contributed by atoms with Crippen LogP contribution in [0.5, 0.6) is 0 Å². The zero-order chi connectivity index (χ0) is 7.84. The molecule has 0 bridgehead atoms. The summed E-state index contributed by atoms with van der Waals surface area (Å²) in [6.07, 6.45) is 1.53. The van der Waals surface area contributed by atoms with Gasteiger partial charge in [-0.25, -0.2) is 9.97 Å². The van der Waals surface area contributed by atoms with Crippen LogP contribution in [0.25, 0.3) is 0 Å². The molecular formula is C7H9N3S. The number of thioether (sulfide) groups is 1. The maximum absolute atomic E-state index is 5.70. The van der Waals surface area contributed by atoms with Crippen LogP contribution < -0.4 is 5.73 Å². The topological polar surface area (TPSA) is 51.8 Å². The van der Waals surface area contributed by atoms with E-state index in [1.807, 2.05) is 11.8 Å². The first-order chi connectivity index (χ1) is 5.29. The average molecular weight is 167 g/mol. The minimum atomic E-state index is 0.464. The van der Waals surface area contributed by atoms with Gasteiger partial charge in [-0.2, -0.15) is 0 Å². The van der Waals surface area contributed by atoms with Crippen LogP contribution in [0.1, 0.15) is 23.4 Å². The van der Waals surface area contributed by atoms with Gasteiger partial charge in [0.05, 0.1) is 5.69 Å². The Balaban J connectivity index is 2.58. The summed E-state index contributed by atoms with van der Waals surface area (Å²) in [7, 11) is 0. The van der Waals surface area contributed by atoms with Crippen molar-refractivity contribution in [1.29, 1.82) is 0 Å². The third-order valence-electron chi connectivity index (χ3n) is 1.87. The molecule has 0 amide bonds. The second kappa shape index (κ2) is 2.37. The van der Waals surface area contributed by atoms with Gasteiger partial charge in [0.2, 0.25) is 0 Å². The summed E-state index contributed by atoms with van der Waals surface area (Å²) < 4.78 is 0. The van der Waals surface area contributed by atoms with Crippen molar-refractivity contribution in [3.63, 3.8) is 0 Å². The molecule has 2 N–H and O–H groups in total. The SMILES string of the molecule is C[C@@H]1SCc2ncnc(N)c21. The molecule has 0 saturated carbocycles. The van der Waals surface area contributed by atoms with Crippen molar-refractivity contribution in [2.45, 2.75) is 17.9 Å². The van der Waals surface area contributed by atoms with E-state index in [0.717, 1.165) is 17.0 Å². The number of rotatable bonds is 0. The van der Waals surface area contributed by atoms with Gasteiger partial charge in [-0.3, -0.25) is 0 Å². The summed E-state index contributed by atoms with van der Waals surface area (Å²) in [4.78, 5) is 8.11. The van der Waals surface area contributed by atoms with E-state index in [1.165, 1.54) is 6.33 Å². The van der Waals surface area contributed by atoms with Crippen LogP contribution in [0.15, 0.2) is 6.33 Å². The van der Waals surface area contributed by atoms with E-state index >= 15 is 0 Å². The van der Waals surface area contributed by atoms with Gasteiger partial charge in [0.25, 0.3) is 0 Å². The highest BCUT2D eigenvalue weighted by molar-refractivity contribution is 7.99. The average Bonchev–Trinajstić information content (AvgIpc) is 2.34. The highest BCUT2D eigenvalue weighted by Gasteiger charge is 2.22. The fourth-order valence-corrected chi connectivity index (χ4v) is 2.35. The molecule has 2 heterocycles. The summed E-state index contributed by atoms with van der Waals surface area (Å²) in [5, 5.41) is 0.464. The van der Waals surface area contributed by atoms with Crippen LogP contribution in [0.3, 0.4) is 0 Å². The Morgan fingerprint density at radius 1 is 1.64 bits per heavy atom. The normalized spacial score (nSPS) is 21.7. The van der Waals surface area contributed by atoms with E-state index in [1.54, 1.807) is 0 Å². The maximum atomic E-state index is 5.70. The summed E-state index contributed by atoms with van der Waals surface area (Å²) >= 11 is 1.86. The van der Waals surface area contributed by atoms with Crippen LogP contribution in [0.2, 0.25) is 0 Å². The van der Waals surface area contributed by atoms with Gasteiger partial charge >= 0.3 is 0 Å². The fourth-order valence-electron chi connectivity index (χ4n) is 1.29. The van der Waals surface area contributed by atoms with Gasteiger partial charge in [-0.1, -0.05) is 0 Å². The minimum absolute atomic E-state index is 0.464. The lowest BCUT2D eigenvalue weighted by molar-refractivity contribution is 1.02. The molecule has 2 rings (SSSR count). The van der Waals surface area contributed by atoms with Crippen molar-refractivity contribution in [1.82, 2.24) is 9.97 Å². The molecule has 0 aliphatic carbocycles. The van der Waals surface area contributed by atoms with Crippen LogP contribution >= 0.6 is 11.8 Å². The van der Waals surface area contributed by atoms with Gasteiger partial charge in [0.15, 0.2) is 0 Å². The Morgan fingerprint density at radius 2 is 2.45 bits per heavy atom. The molecule has 0 unspecified atom stereocenters. The molecular weight excluding hydrogens is 158 g/mol. The number of hydrogen-bond donors (Lipinski definition) is 1. The van der Waals surface area contributed by atoms with Crippen molar-refractivity contribution in [2.24, 2.45) is 0 Å². The van der Waals surface area contributed by atoms with Gasteiger partial charge in [-0.15, -0.1) is 11.8 Å². The molecule has 58 valence electrons. The minimum Gasteiger partial charge on any atom is -0.383 e. The third kappa shape index (κ3) is 0.976. The number of aromatic nitrogens is 2. The number of anilines is 1. The second-order valence-electron chi connectivity index (χ2n) is 2.57. The highest BCUT2D eigenvalue weighted by atomic mass is 32.2. The predicted molar refractivity (Wildman–Crippen MR) is 46.2 cm³/mol. The predicted octanol–water partition coefficient (Wildman–Crippen LogP) is 1.37. The first-order valence-corrected chi connectivity index (χ1v) is 4.54. The fraction of sp³-hybridized carbons (Fsp3) is 0.429. The molecule has 1 aromatic heterocycles. The van der Waals surface area contributed by atoms with E-state index < -0.39 is 0 Å². The Kier molecular flexibility index (Phi) is 1.49. The molecule has 0 radical (unpaired) electrons. The zero-order valence-electron chi connectivity index (χ0n) is 6.24. The largest absolute Gasteiger partial charge is 0.383 e. The molecule has 0 aromatic carbocycles. The number of nitrogens with two attached hydrogens (primary N) is 1. The Hall–Kier alpha value is -0.770. The van der Waals surface area contributed by atoms with Crippen molar-refractivity contribution >= 4 is 17.6 Å². The van der Waals surface area contributed by atoms with E-state index in [9.17, 15) is 0 Å². The molecule has 0 saturated heterocycles. The smallest absolute Gasteiger partial charge is 0.131 e. The number of nitrogens with zero attached hydrogens (tertiary/aromatic N) is 2. The second-order valence-corrected chi connectivity index (χ2v) is 3.90. The van der Waals surface area contributed by atoms with Crippen LogP contribution in [0.4, 0.5) is 5.82 Å². The van der Waals surface area contributed by atoms with Gasteiger partial charge in [-0.05, 0) is 6.92 Å². The van der Waals surface area contributed by atoms with E-state index in [0.29, 0.717) is 11.1 Å². The molecule has 1 atom stereocenters. The molecule has 1 aliphatic rings. The Morgan fingerprint density at radius 3 is 3.18 bits per heavy atom. The number of fused-ring (bicyclic) bond motifs is 1. The maximum Gasteiger partial charge on any atom is 0.131 e. The van der Waals surface area contributed by atoms with Crippen molar-refractivity contribution in [3.05, 3.63) is 17.6 Å². The lowest BCUT2D eigenvalue weighted by Crippen LogP contribution is -2.00. The lowest BCUT2D eigenvalue weighted by Gasteiger charge is -2.03. The van der Waals surface area contributed by atoms with E-state index in [2.05, 4.69) is 16.9 Å². The molecule has 11 heavy (non-hydrogen) atoms. The molecule has 1 aliphatic heterocycles. The number of nitrogen functional groups attached to an aromatic ring is 1. The Bertz CT molecular complexity index is 287. The van der Waals surface area contributed by atoms with Crippen LogP contribution in [-0.2, 0) is 5.75 Å². The van der Waals surface area contributed by atoms with Crippen molar-refractivity contribution < 1.29 is 0 Å². The molecule has 4 heteroatoms.